The molecule has 0 aromatic carbocycles. The van der Waals surface area contributed by atoms with Gasteiger partial charge in [-0.1, -0.05) is 120 Å². The Labute approximate surface area is 318 Å². The van der Waals surface area contributed by atoms with Crippen LogP contribution in [0, 0.1) is 0 Å². The zero-order chi connectivity index (χ0) is 38.5. The number of allylic oxidation sites excluding steroid dienone is 8. The molecular formula is C44H77NO7. The highest BCUT2D eigenvalue weighted by Gasteiger charge is 2.25. The number of carboxylic acid groups (broad SMARTS) is 1. The van der Waals surface area contributed by atoms with Gasteiger partial charge in [-0.3, -0.25) is 9.59 Å². The summed E-state index contributed by atoms with van der Waals surface area (Å²) in [5.41, 5.74) is 0. The molecule has 2 atom stereocenters. The van der Waals surface area contributed by atoms with Crippen molar-refractivity contribution >= 4 is 17.9 Å². The molecule has 0 saturated carbocycles. The number of esters is 2. The Balaban J connectivity index is 4.40. The van der Waals surface area contributed by atoms with Gasteiger partial charge in [0.1, 0.15) is 12.6 Å². The van der Waals surface area contributed by atoms with Gasteiger partial charge in [0.15, 0.2) is 6.10 Å². The summed E-state index contributed by atoms with van der Waals surface area (Å²) < 4.78 is 17.1. The predicted molar refractivity (Wildman–Crippen MR) is 213 cm³/mol. The Morgan fingerprint density at radius 1 is 0.596 bits per heavy atom. The molecule has 0 aromatic rings. The summed E-state index contributed by atoms with van der Waals surface area (Å²) in [6, 6.07) is -0.729. The standard InChI is InChI=1S/C44H77NO7/c1-6-8-10-12-14-16-18-20-21-22-23-25-26-28-30-32-34-42(46)51-39-40(38-50-37-36-41(44(48)49)45(3,4)5)52-43(47)35-33-31-29-27-24-19-17-15-13-11-9-7-2/h8,10,14-17,20-21,40-41H,6-7,9,11-13,18-19,22-39H2,1-5H3/b10-8+,16-14+,17-15+,21-20+. The molecule has 0 fully saturated rings. The second kappa shape index (κ2) is 35.3. The van der Waals surface area contributed by atoms with Crippen molar-refractivity contribution in [2.45, 2.75) is 174 Å². The van der Waals surface area contributed by atoms with E-state index in [1.54, 1.807) is 21.1 Å². The first kappa shape index (κ1) is 49.3. The van der Waals surface area contributed by atoms with Gasteiger partial charge in [0.05, 0.1) is 40.3 Å². The lowest BCUT2D eigenvalue weighted by Gasteiger charge is -2.34. The molecule has 0 heterocycles. The molecule has 8 heteroatoms. The van der Waals surface area contributed by atoms with Gasteiger partial charge in [0.25, 0.3) is 0 Å². The van der Waals surface area contributed by atoms with Crippen molar-refractivity contribution in [3.8, 4) is 0 Å². The Morgan fingerprint density at radius 2 is 1.08 bits per heavy atom. The van der Waals surface area contributed by atoms with Gasteiger partial charge in [-0.15, -0.1) is 0 Å². The van der Waals surface area contributed by atoms with Crippen molar-refractivity contribution in [3.05, 3.63) is 48.6 Å². The van der Waals surface area contributed by atoms with Crippen LogP contribution in [0.25, 0.3) is 0 Å². The maximum absolute atomic E-state index is 12.7. The molecule has 0 aliphatic carbocycles. The highest BCUT2D eigenvalue weighted by atomic mass is 16.6. The summed E-state index contributed by atoms with van der Waals surface area (Å²) in [6.07, 6.45) is 39.9. The second-order valence-electron chi connectivity index (χ2n) is 14.8. The van der Waals surface area contributed by atoms with Crippen molar-refractivity contribution in [2.24, 2.45) is 0 Å². The predicted octanol–water partition coefficient (Wildman–Crippen LogP) is 9.52. The minimum Gasteiger partial charge on any atom is -0.544 e. The Morgan fingerprint density at radius 3 is 1.62 bits per heavy atom. The van der Waals surface area contributed by atoms with Gasteiger partial charge < -0.3 is 28.6 Å². The van der Waals surface area contributed by atoms with Gasteiger partial charge in [-0.25, -0.2) is 0 Å². The molecule has 2 unspecified atom stereocenters. The number of carbonyl (C=O) groups is 3. The highest BCUT2D eigenvalue weighted by molar-refractivity contribution is 5.70. The van der Waals surface area contributed by atoms with Crippen LogP contribution in [0.2, 0.25) is 0 Å². The molecule has 52 heavy (non-hydrogen) atoms. The van der Waals surface area contributed by atoms with Gasteiger partial charge in [0.2, 0.25) is 0 Å². The fourth-order valence-electron chi connectivity index (χ4n) is 5.73. The van der Waals surface area contributed by atoms with Crippen LogP contribution in [0.5, 0.6) is 0 Å². The number of hydrogen-bond donors (Lipinski definition) is 0. The number of nitrogens with zero attached hydrogens (tertiary/aromatic N) is 1. The smallest absolute Gasteiger partial charge is 0.306 e. The van der Waals surface area contributed by atoms with E-state index in [9.17, 15) is 19.5 Å². The van der Waals surface area contributed by atoms with Gasteiger partial charge in [-0.05, 0) is 70.6 Å². The largest absolute Gasteiger partial charge is 0.544 e. The summed E-state index contributed by atoms with van der Waals surface area (Å²) in [4.78, 5) is 36.7. The number of ether oxygens (including phenoxy) is 3. The lowest BCUT2D eigenvalue weighted by atomic mass is 10.1. The van der Waals surface area contributed by atoms with E-state index in [-0.39, 0.29) is 42.7 Å². The van der Waals surface area contributed by atoms with Crippen LogP contribution in [0.15, 0.2) is 48.6 Å². The van der Waals surface area contributed by atoms with E-state index >= 15 is 0 Å². The van der Waals surface area contributed by atoms with Crippen molar-refractivity contribution in [1.29, 1.82) is 0 Å². The molecule has 300 valence electrons. The average molecular weight is 732 g/mol. The number of likely N-dealkylation sites (N-methyl/N-ethyl adjacent to an activating group) is 1. The molecule has 0 rings (SSSR count). The van der Waals surface area contributed by atoms with E-state index in [4.69, 9.17) is 14.2 Å². The fourth-order valence-corrected chi connectivity index (χ4v) is 5.73. The molecule has 8 nitrogen and oxygen atoms in total. The highest BCUT2D eigenvalue weighted by Crippen LogP contribution is 2.13. The summed E-state index contributed by atoms with van der Waals surface area (Å²) in [6.45, 7) is 4.49. The van der Waals surface area contributed by atoms with E-state index < -0.39 is 18.1 Å². The zero-order valence-electron chi connectivity index (χ0n) is 34.0. The number of aliphatic carboxylic acids is 1. The van der Waals surface area contributed by atoms with Gasteiger partial charge in [0, 0.05) is 19.3 Å². The third kappa shape index (κ3) is 33.1. The molecule has 0 aliphatic rings. The van der Waals surface area contributed by atoms with Crippen LogP contribution in [0.1, 0.15) is 162 Å². The molecule has 0 radical (unpaired) electrons. The van der Waals surface area contributed by atoms with E-state index in [1.165, 1.54) is 44.9 Å². The maximum Gasteiger partial charge on any atom is 0.306 e. The summed E-state index contributed by atoms with van der Waals surface area (Å²) in [5, 5.41) is 11.6. The molecule has 0 aromatic heterocycles. The molecular weight excluding hydrogens is 654 g/mol. The van der Waals surface area contributed by atoms with E-state index in [2.05, 4.69) is 62.5 Å². The van der Waals surface area contributed by atoms with Crippen molar-refractivity contribution in [3.63, 3.8) is 0 Å². The Hall–Kier alpha value is -2.71. The third-order valence-electron chi connectivity index (χ3n) is 8.95. The molecule has 0 spiro atoms. The molecule has 0 amide bonds. The number of unbranched alkanes of at least 4 members (excludes halogenated alkanes) is 14. The molecule has 0 aliphatic heterocycles. The number of carbonyl (C=O) groups excluding carboxylic acids is 3. The Kier molecular flexibility index (Phi) is 33.5. The van der Waals surface area contributed by atoms with Crippen LogP contribution in [0.4, 0.5) is 0 Å². The van der Waals surface area contributed by atoms with E-state index in [0.717, 1.165) is 83.5 Å². The summed E-state index contributed by atoms with van der Waals surface area (Å²) >= 11 is 0. The zero-order valence-corrected chi connectivity index (χ0v) is 34.0. The maximum atomic E-state index is 12.7. The molecule has 0 N–H and O–H groups in total. The number of carboxylic acids is 1. The number of rotatable bonds is 36. The quantitative estimate of drug-likeness (QED) is 0.0274. The molecule has 0 saturated heterocycles. The average Bonchev–Trinajstić information content (AvgIpc) is 3.09. The van der Waals surface area contributed by atoms with Gasteiger partial charge in [-0.2, -0.15) is 0 Å². The summed E-state index contributed by atoms with van der Waals surface area (Å²) in [5.74, 6) is -1.77. The first-order valence-electron chi connectivity index (χ1n) is 20.7. The van der Waals surface area contributed by atoms with Crippen LogP contribution < -0.4 is 5.11 Å². The monoisotopic (exact) mass is 732 g/mol. The normalized spacial score (nSPS) is 13.5. The number of quaternary nitrogens is 1. The second-order valence-corrected chi connectivity index (χ2v) is 14.8. The lowest BCUT2D eigenvalue weighted by Crippen LogP contribution is -2.55. The van der Waals surface area contributed by atoms with Crippen molar-refractivity contribution in [1.82, 2.24) is 0 Å². The first-order valence-corrected chi connectivity index (χ1v) is 20.7. The minimum absolute atomic E-state index is 0.0322. The molecule has 0 bridgehead atoms. The van der Waals surface area contributed by atoms with Crippen LogP contribution in [0.3, 0.4) is 0 Å². The number of hydrogen-bond acceptors (Lipinski definition) is 7. The van der Waals surface area contributed by atoms with E-state index in [1.807, 2.05) is 0 Å². The summed E-state index contributed by atoms with van der Waals surface area (Å²) in [7, 11) is 5.39. The van der Waals surface area contributed by atoms with Crippen LogP contribution >= 0.6 is 0 Å². The van der Waals surface area contributed by atoms with Crippen LogP contribution in [-0.2, 0) is 28.6 Å². The first-order chi connectivity index (χ1) is 25.1. The minimum atomic E-state index is -1.13. The third-order valence-corrected chi connectivity index (χ3v) is 8.95. The van der Waals surface area contributed by atoms with E-state index in [0.29, 0.717) is 12.8 Å². The Bertz CT molecular complexity index is 995. The van der Waals surface area contributed by atoms with Crippen molar-refractivity contribution in [2.75, 3.05) is 41.0 Å². The van der Waals surface area contributed by atoms with Crippen LogP contribution in [-0.4, -0.2) is 75.5 Å². The fraction of sp³-hybridized carbons (Fsp3) is 0.750. The van der Waals surface area contributed by atoms with Crippen molar-refractivity contribution < 1.29 is 38.2 Å². The SMILES string of the molecule is CC/C=C/C/C=C/C/C=C/CCCCCCCCC(=O)OCC(COCCC(C(=O)[O-])[N+](C)(C)C)OC(=O)CCCCCCC/C=C/CCCCC. The van der Waals surface area contributed by atoms with Gasteiger partial charge >= 0.3 is 11.9 Å². The topological polar surface area (TPSA) is 102 Å². The lowest BCUT2D eigenvalue weighted by molar-refractivity contribution is -0.889.